The van der Waals surface area contributed by atoms with Crippen molar-refractivity contribution in [1.82, 2.24) is 15.1 Å². The number of fused-ring (bicyclic) bond motifs is 1. The van der Waals surface area contributed by atoms with Crippen LogP contribution in [0.2, 0.25) is 0 Å². The van der Waals surface area contributed by atoms with Crippen molar-refractivity contribution < 1.29 is 14.3 Å². The molecule has 3 aromatic rings. The summed E-state index contributed by atoms with van der Waals surface area (Å²) in [6.45, 7) is 0.154. The monoisotopic (exact) mass is 389 g/mol. The number of nitrogens with zero attached hydrogens (tertiary/aromatic N) is 2. The van der Waals surface area contributed by atoms with Crippen molar-refractivity contribution in [3.05, 3.63) is 71.5 Å². The van der Waals surface area contributed by atoms with Crippen LogP contribution in [0.3, 0.4) is 0 Å². The Morgan fingerprint density at radius 1 is 1.10 bits per heavy atom. The molecule has 29 heavy (non-hydrogen) atoms. The number of hydrogen-bond donors (Lipinski definition) is 1. The summed E-state index contributed by atoms with van der Waals surface area (Å²) >= 11 is 0. The van der Waals surface area contributed by atoms with Crippen molar-refractivity contribution in [3.8, 4) is 17.2 Å². The van der Waals surface area contributed by atoms with Crippen LogP contribution < -0.4 is 14.8 Å². The van der Waals surface area contributed by atoms with Gasteiger partial charge in [0.1, 0.15) is 0 Å². The lowest BCUT2D eigenvalue weighted by molar-refractivity contribution is 0.0933. The molecule has 1 amide bonds. The molecule has 0 bridgehead atoms. The second kappa shape index (κ2) is 7.62. The number of aromatic nitrogens is 2. The van der Waals surface area contributed by atoms with Crippen molar-refractivity contribution in [2.24, 2.45) is 0 Å². The third kappa shape index (κ3) is 3.70. The van der Waals surface area contributed by atoms with E-state index in [0.29, 0.717) is 23.5 Å². The van der Waals surface area contributed by atoms with E-state index in [9.17, 15) is 4.79 Å². The van der Waals surface area contributed by atoms with Crippen LogP contribution in [0.1, 0.15) is 47.2 Å². The average molecular weight is 389 g/mol. The fraction of sp³-hybridized carbons (Fsp3) is 0.304. The van der Waals surface area contributed by atoms with Gasteiger partial charge in [-0.2, -0.15) is 5.10 Å². The van der Waals surface area contributed by atoms with Gasteiger partial charge in [0.2, 0.25) is 6.79 Å². The third-order valence-corrected chi connectivity index (χ3v) is 5.58. The van der Waals surface area contributed by atoms with E-state index in [-0.39, 0.29) is 18.7 Å². The molecule has 1 saturated carbocycles. The van der Waals surface area contributed by atoms with E-state index in [1.807, 2.05) is 41.2 Å². The molecule has 1 aliphatic carbocycles. The largest absolute Gasteiger partial charge is 0.454 e. The number of ether oxygens (including phenoxy) is 2. The fourth-order valence-electron chi connectivity index (χ4n) is 4.10. The van der Waals surface area contributed by atoms with Crippen molar-refractivity contribution in [2.45, 2.75) is 38.1 Å². The molecule has 1 aliphatic heterocycles. The Kier molecular flexibility index (Phi) is 4.68. The second-order valence-corrected chi connectivity index (χ2v) is 7.63. The van der Waals surface area contributed by atoms with Crippen molar-refractivity contribution in [1.29, 1.82) is 0 Å². The van der Waals surface area contributed by atoms with Crippen LogP contribution in [-0.4, -0.2) is 28.5 Å². The minimum Gasteiger partial charge on any atom is -0.454 e. The van der Waals surface area contributed by atoms with Crippen LogP contribution in [0.4, 0.5) is 0 Å². The third-order valence-electron chi connectivity index (χ3n) is 5.58. The predicted molar refractivity (Wildman–Crippen MR) is 109 cm³/mol. The zero-order chi connectivity index (χ0) is 19.6. The maximum atomic E-state index is 12.9. The predicted octanol–water partition coefficient (Wildman–Crippen LogP) is 3.86. The van der Waals surface area contributed by atoms with E-state index >= 15 is 0 Å². The maximum Gasteiger partial charge on any atom is 0.255 e. The first kappa shape index (κ1) is 17.8. The molecule has 0 spiro atoms. The first-order valence-corrected chi connectivity index (χ1v) is 10.1. The van der Waals surface area contributed by atoms with Gasteiger partial charge in [-0.25, -0.2) is 4.68 Å². The molecule has 0 saturated heterocycles. The maximum absolute atomic E-state index is 12.9. The summed E-state index contributed by atoms with van der Waals surface area (Å²) in [7, 11) is 0. The summed E-state index contributed by atoms with van der Waals surface area (Å²) in [4.78, 5) is 12.9. The van der Waals surface area contributed by atoms with Gasteiger partial charge in [-0.15, -0.1) is 0 Å². The molecule has 1 fully saturated rings. The highest BCUT2D eigenvalue weighted by molar-refractivity contribution is 5.98. The smallest absolute Gasteiger partial charge is 0.255 e. The van der Waals surface area contributed by atoms with Crippen molar-refractivity contribution >= 4 is 5.91 Å². The summed E-state index contributed by atoms with van der Waals surface area (Å²) in [5.41, 5.74) is 3.76. The number of carbonyl (C=O) groups excluding carboxylic acids is 1. The number of carbonyl (C=O) groups is 1. The van der Waals surface area contributed by atoms with Gasteiger partial charge in [-0.05, 0) is 60.7 Å². The molecule has 2 aromatic carbocycles. The number of amides is 1. The van der Waals surface area contributed by atoms with Crippen LogP contribution in [0, 0.1) is 0 Å². The van der Waals surface area contributed by atoms with E-state index in [1.165, 1.54) is 12.8 Å². The lowest BCUT2D eigenvalue weighted by Gasteiger charge is -2.14. The number of rotatable bonds is 5. The molecule has 148 valence electrons. The number of nitrogens with one attached hydrogen (secondary N) is 1. The first-order valence-electron chi connectivity index (χ1n) is 10.1. The lowest BCUT2D eigenvalue weighted by atomic mass is 10.0. The van der Waals surface area contributed by atoms with Gasteiger partial charge in [-0.1, -0.05) is 25.0 Å². The van der Waals surface area contributed by atoms with Crippen LogP contribution in [0.15, 0.2) is 54.9 Å². The van der Waals surface area contributed by atoms with Crippen LogP contribution in [-0.2, 0) is 6.42 Å². The summed E-state index contributed by atoms with van der Waals surface area (Å²) in [6, 6.07) is 14.3. The molecule has 6 nitrogen and oxygen atoms in total. The minimum atomic E-state index is -0.0745. The van der Waals surface area contributed by atoms with Gasteiger partial charge in [0, 0.05) is 18.4 Å². The van der Waals surface area contributed by atoms with Crippen molar-refractivity contribution in [2.75, 3.05) is 6.79 Å². The molecule has 0 atom stereocenters. The fourth-order valence-corrected chi connectivity index (χ4v) is 4.10. The summed E-state index contributed by atoms with van der Waals surface area (Å²) in [6.07, 6.45) is 8.84. The molecule has 5 rings (SSSR count). The Balaban J connectivity index is 1.38. The Bertz CT molecular complexity index is 1010. The highest BCUT2D eigenvalue weighted by atomic mass is 16.7. The first-order chi connectivity index (χ1) is 14.3. The van der Waals surface area contributed by atoms with Crippen molar-refractivity contribution in [3.63, 3.8) is 0 Å². The highest BCUT2D eigenvalue weighted by Crippen LogP contribution is 2.37. The SMILES string of the molecule is O=C(NC1CCCC1)c1cc(Cc2ccc(-n3cccn3)cc2)cc2c1OCO2. The molecule has 1 N–H and O–H groups in total. The van der Waals surface area contributed by atoms with Crippen LogP contribution in [0.25, 0.3) is 5.69 Å². The van der Waals surface area contributed by atoms with Gasteiger partial charge in [0.05, 0.1) is 11.3 Å². The molecule has 1 aromatic heterocycles. The average Bonchev–Trinajstić information content (AvgIpc) is 3.50. The second-order valence-electron chi connectivity index (χ2n) is 7.63. The van der Waals surface area contributed by atoms with Gasteiger partial charge in [0.25, 0.3) is 5.91 Å². The highest BCUT2D eigenvalue weighted by Gasteiger charge is 2.26. The van der Waals surface area contributed by atoms with E-state index in [1.54, 1.807) is 6.20 Å². The zero-order valence-corrected chi connectivity index (χ0v) is 16.1. The minimum absolute atomic E-state index is 0.0745. The molecular weight excluding hydrogens is 366 g/mol. The standard InChI is InChI=1S/C23H23N3O3/c27-23(25-18-4-1-2-5-18)20-13-17(14-21-22(20)29-15-28-21)12-16-6-8-19(9-7-16)26-11-3-10-24-26/h3,6-11,13-14,18H,1-2,4-5,12,15H2,(H,25,27). The lowest BCUT2D eigenvalue weighted by Crippen LogP contribution is -2.32. The normalized spacial score (nSPS) is 15.6. The van der Waals surface area contributed by atoms with Gasteiger partial charge in [-0.3, -0.25) is 4.79 Å². The zero-order valence-electron chi connectivity index (χ0n) is 16.1. The Morgan fingerprint density at radius 2 is 1.93 bits per heavy atom. The van der Waals surface area contributed by atoms with Crippen LogP contribution in [0.5, 0.6) is 11.5 Å². The molecule has 2 heterocycles. The van der Waals surface area contributed by atoms with Gasteiger partial charge < -0.3 is 14.8 Å². The Hall–Kier alpha value is -3.28. The molecule has 0 radical (unpaired) electrons. The molecule has 6 heteroatoms. The Labute approximate surface area is 169 Å². The number of benzene rings is 2. The van der Waals surface area contributed by atoms with E-state index in [2.05, 4.69) is 22.5 Å². The van der Waals surface area contributed by atoms with Crippen LogP contribution >= 0.6 is 0 Å². The summed E-state index contributed by atoms with van der Waals surface area (Å²) in [5.74, 6) is 1.13. The Morgan fingerprint density at radius 3 is 2.69 bits per heavy atom. The summed E-state index contributed by atoms with van der Waals surface area (Å²) in [5, 5.41) is 7.41. The van der Waals surface area contributed by atoms with Gasteiger partial charge >= 0.3 is 0 Å². The molecule has 2 aliphatic rings. The quantitative estimate of drug-likeness (QED) is 0.720. The van der Waals surface area contributed by atoms with E-state index in [0.717, 1.165) is 29.7 Å². The van der Waals surface area contributed by atoms with E-state index < -0.39 is 0 Å². The molecule has 0 unspecified atom stereocenters. The van der Waals surface area contributed by atoms with Gasteiger partial charge in [0.15, 0.2) is 11.5 Å². The van der Waals surface area contributed by atoms with E-state index in [4.69, 9.17) is 9.47 Å². The topological polar surface area (TPSA) is 65.4 Å². The summed E-state index contributed by atoms with van der Waals surface area (Å²) < 4.78 is 13.0. The molecular formula is C23H23N3O3. The number of hydrogen-bond acceptors (Lipinski definition) is 4.